The summed E-state index contributed by atoms with van der Waals surface area (Å²) in [5.74, 6) is 0.482. The lowest BCUT2D eigenvalue weighted by molar-refractivity contribution is 0.624. The van der Waals surface area contributed by atoms with Crippen LogP contribution in [0.15, 0.2) is 46.1 Å². The van der Waals surface area contributed by atoms with Crippen LogP contribution in [0.1, 0.15) is 11.1 Å². The summed E-state index contributed by atoms with van der Waals surface area (Å²) in [6.07, 6.45) is 0. The monoisotopic (exact) mass is 277 g/mol. The van der Waals surface area contributed by atoms with Crippen molar-refractivity contribution in [2.24, 2.45) is 4.99 Å². The first-order chi connectivity index (χ1) is 9.28. The number of thiophene rings is 1. The molecule has 3 nitrogen and oxygen atoms in total. The van der Waals surface area contributed by atoms with Crippen LogP contribution in [0.3, 0.4) is 0 Å². The van der Waals surface area contributed by atoms with Gasteiger partial charge in [0.15, 0.2) is 5.96 Å². The number of hydrogen-bond donors (Lipinski definition) is 2. The Balaban J connectivity index is 1.83. The van der Waals surface area contributed by atoms with Crippen molar-refractivity contribution in [3.63, 3.8) is 0 Å². The van der Waals surface area contributed by atoms with Crippen LogP contribution in [0.5, 0.6) is 0 Å². The standard InChI is InChI=1S/C14H16FN3S/c1-16-14(18-9-12-5-6-19-10-12)17-8-11-3-2-4-13(15)7-11/h2-7,10H,8-9H2,1H3,(H2,16,17,18). The van der Waals surface area contributed by atoms with Gasteiger partial charge >= 0.3 is 0 Å². The number of guanidine groups is 1. The van der Waals surface area contributed by atoms with Gasteiger partial charge in [-0.3, -0.25) is 4.99 Å². The summed E-state index contributed by atoms with van der Waals surface area (Å²) in [6, 6.07) is 8.60. The Morgan fingerprint density at radius 3 is 2.63 bits per heavy atom. The predicted molar refractivity (Wildman–Crippen MR) is 77.8 cm³/mol. The molecule has 0 saturated carbocycles. The Morgan fingerprint density at radius 2 is 2.00 bits per heavy atom. The molecule has 0 spiro atoms. The van der Waals surface area contributed by atoms with Crippen LogP contribution < -0.4 is 10.6 Å². The predicted octanol–water partition coefficient (Wildman–Crippen LogP) is 2.75. The molecule has 0 amide bonds. The molecule has 0 saturated heterocycles. The fourth-order valence-electron chi connectivity index (χ4n) is 1.63. The second-order valence-electron chi connectivity index (χ2n) is 4.04. The Labute approximate surface area is 116 Å². The van der Waals surface area contributed by atoms with E-state index in [-0.39, 0.29) is 5.82 Å². The van der Waals surface area contributed by atoms with Gasteiger partial charge in [0.05, 0.1) is 0 Å². The van der Waals surface area contributed by atoms with Gasteiger partial charge in [0.1, 0.15) is 5.82 Å². The normalized spacial score (nSPS) is 11.4. The first kappa shape index (κ1) is 13.5. The molecule has 0 bridgehead atoms. The molecule has 2 N–H and O–H groups in total. The first-order valence-corrected chi connectivity index (χ1v) is 6.92. The van der Waals surface area contributed by atoms with Crippen molar-refractivity contribution >= 4 is 17.3 Å². The number of rotatable bonds is 4. The van der Waals surface area contributed by atoms with Crippen LogP contribution in [0.4, 0.5) is 4.39 Å². The molecule has 19 heavy (non-hydrogen) atoms. The van der Waals surface area contributed by atoms with Crippen molar-refractivity contribution in [2.45, 2.75) is 13.1 Å². The lowest BCUT2D eigenvalue weighted by Gasteiger charge is -2.11. The minimum Gasteiger partial charge on any atom is -0.352 e. The second-order valence-corrected chi connectivity index (χ2v) is 4.82. The lowest BCUT2D eigenvalue weighted by Crippen LogP contribution is -2.36. The molecule has 0 fully saturated rings. The van der Waals surface area contributed by atoms with E-state index in [2.05, 4.69) is 27.1 Å². The van der Waals surface area contributed by atoms with E-state index in [9.17, 15) is 4.39 Å². The molecule has 0 aliphatic heterocycles. The van der Waals surface area contributed by atoms with Crippen LogP contribution in [0, 0.1) is 5.82 Å². The van der Waals surface area contributed by atoms with Crippen molar-refractivity contribution in [1.29, 1.82) is 0 Å². The van der Waals surface area contributed by atoms with Gasteiger partial charge in [-0.25, -0.2) is 4.39 Å². The molecule has 0 unspecified atom stereocenters. The average Bonchev–Trinajstić information content (AvgIpc) is 2.92. The maximum atomic E-state index is 13.0. The molecule has 1 aromatic carbocycles. The maximum absolute atomic E-state index is 13.0. The van der Waals surface area contributed by atoms with Crippen LogP contribution in [0.25, 0.3) is 0 Å². The van der Waals surface area contributed by atoms with Crippen molar-refractivity contribution < 1.29 is 4.39 Å². The average molecular weight is 277 g/mol. The van der Waals surface area contributed by atoms with E-state index in [1.807, 2.05) is 11.4 Å². The van der Waals surface area contributed by atoms with Crippen molar-refractivity contribution in [1.82, 2.24) is 10.6 Å². The molecule has 0 aliphatic carbocycles. The van der Waals surface area contributed by atoms with Gasteiger partial charge in [0, 0.05) is 20.1 Å². The largest absolute Gasteiger partial charge is 0.352 e. The van der Waals surface area contributed by atoms with E-state index in [1.165, 1.54) is 17.7 Å². The summed E-state index contributed by atoms with van der Waals surface area (Å²) in [4.78, 5) is 4.13. The number of halogens is 1. The molecule has 2 rings (SSSR count). The molecule has 5 heteroatoms. The lowest BCUT2D eigenvalue weighted by atomic mass is 10.2. The van der Waals surface area contributed by atoms with E-state index in [4.69, 9.17) is 0 Å². The Kier molecular flexibility index (Phi) is 4.92. The van der Waals surface area contributed by atoms with Gasteiger partial charge in [-0.2, -0.15) is 11.3 Å². The van der Waals surface area contributed by atoms with Crippen molar-refractivity contribution in [3.05, 3.63) is 58.0 Å². The summed E-state index contributed by atoms with van der Waals surface area (Å²) < 4.78 is 13.0. The van der Waals surface area contributed by atoms with Crippen LogP contribution in [-0.2, 0) is 13.1 Å². The summed E-state index contributed by atoms with van der Waals surface area (Å²) in [7, 11) is 1.72. The van der Waals surface area contributed by atoms with Gasteiger partial charge in [-0.1, -0.05) is 12.1 Å². The van der Waals surface area contributed by atoms with Gasteiger partial charge in [-0.05, 0) is 40.1 Å². The summed E-state index contributed by atoms with van der Waals surface area (Å²) >= 11 is 1.67. The second kappa shape index (κ2) is 6.89. The topological polar surface area (TPSA) is 36.4 Å². The first-order valence-electron chi connectivity index (χ1n) is 5.98. The Bertz CT molecular complexity index is 537. The van der Waals surface area contributed by atoms with E-state index in [0.717, 1.165) is 12.1 Å². The van der Waals surface area contributed by atoms with Crippen LogP contribution in [0.2, 0.25) is 0 Å². The summed E-state index contributed by atoms with van der Waals surface area (Å²) in [6.45, 7) is 1.27. The van der Waals surface area contributed by atoms with Gasteiger partial charge < -0.3 is 10.6 Å². The summed E-state index contributed by atoms with van der Waals surface area (Å²) in [5.41, 5.74) is 2.11. The van der Waals surface area contributed by atoms with Crippen LogP contribution in [-0.4, -0.2) is 13.0 Å². The number of hydrogen-bond acceptors (Lipinski definition) is 2. The third-order valence-electron chi connectivity index (χ3n) is 2.61. The minimum atomic E-state index is -0.222. The fraction of sp³-hybridized carbons (Fsp3) is 0.214. The van der Waals surface area contributed by atoms with E-state index in [1.54, 1.807) is 24.5 Å². The molecular weight excluding hydrogens is 261 g/mol. The fourth-order valence-corrected chi connectivity index (χ4v) is 2.30. The molecule has 2 aromatic rings. The molecule has 0 aliphatic rings. The SMILES string of the molecule is CN=C(NCc1ccsc1)NCc1cccc(F)c1. The molecule has 1 aromatic heterocycles. The smallest absolute Gasteiger partial charge is 0.191 e. The number of aliphatic imine (C=N–C) groups is 1. The van der Waals surface area contributed by atoms with Gasteiger partial charge in [0.2, 0.25) is 0 Å². The third kappa shape index (κ3) is 4.37. The molecule has 0 atom stereocenters. The maximum Gasteiger partial charge on any atom is 0.191 e. The highest BCUT2D eigenvalue weighted by molar-refractivity contribution is 7.07. The molecule has 1 heterocycles. The van der Waals surface area contributed by atoms with Crippen molar-refractivity contribution in [2.75, 3.05) is 7.05 Å². The summed E-state index contributed by atoms with van der Waals surface area (Å²) in [5, 5.41) is 10.5. The zero-order valence-electron chi connectivity index (χ0n) is 10.7. The van der Waals surface area contributed by atoms with Gasteiger partial charge in [0.25, 0.3) is 0 Å². The van der Waals surface area contributed by atoms with Crippen molar-refractivity contribution in [3.8, 4) is 0 Å². The van der Waals surface area contributed by atoms with E-state index in [0.29, 0.717) is 12.5 Å². The minimum absolute atomic E-state index is 0.222. The number of benzene rings is 1. The molecule has 0 radical (unpaired) electrons. The number of nitrogens with one attached hydrogen (secondary N) is 2. The highest BCUT2D eigenvalue weighted by atomic mass is 32.1. The highest BCUT2D eigenvalue weighted by Crippen LogP contribution is 2.05. The third-order valence-corrected chi connectivity index (χ3v) is 3.34. The van der Waals surface area contributed by atoms with E-state index >= 15 is 0 Å². The molecule has 100 valence electrons. The highest BCUT2D eigenvalue weighted by Gasteiger charge is 2.00. The Hall–Kier alpha value is -1.88. The zero-order chi connectivity index (χ0) is 13.5. The molecular formula is C14H16FN3S. The number of nitrogens with zero attached hydrogens (tertiary/aromatic N) is 1. The van der Waals surface area contributed by atoms with E-state index < -0.39 is 0 Å². The zero-order valence-corrected chi connectivity index (χ0v) is 11.5. The van der Waals surface area contributed by atoms with Crippen LogP contribution >= 0.6 is 11.3 Å². The quantitative estimate of drug-likeness (QED) is 0.666. The van der Waals surface area contributed by atoms with Gasteiger partial charge in [-0.15, -0.1) is 0 Å². The Morgan fingerprint density at radius 1 is 1.21 bits per heavy atom.